The molecule has 0 amide bonds. The Morgan fingerprint density at radius 3 is 2.50 bits per heavy atom. The van der Waals surface area contributed by atoms with Crippen molar-refractivity contribution >= 4 is 11.8 Å². The average Bonchev–Trinajstić information content (AvgIpc) is 2.32. The van der Waals surface area contributed by atoms with E-state index in [9.17, 15) is 9.59 Å². The predicted octanol–water partition coefficient (Wildman–Crippen LogP) is 2.97. The van der Waals surface area contributed by atoms with Crippen molar-refractivity contribution in [3.8, 4) is 0 Å². The summed E-state index contributed by atoms with van der Waals surface area (Å²) in [6.45, 7) is 3.76. The van der Waals surface area contributed by atoms with Crippen LogP contribution in [0.3, 0.4) is 0 Å². The lowest BCUT2D eigenvalue weighted by Crippen LogP contribution is -2.30. The molecule has 0 saturated heterocycles. The summed E-state index contributed by atoms with van der Waals surface area (Å²) in [5.41, 5.74) is 2.38. The molecule has 3 heteroatoms. The third-order valence-corrected chi connectivity index (χ3v) is 3.43. The van der Waals surface area contributed by atoms with Gasteiger partial charge >= 0.3 is 5.97 Å². The zero-order chi connectivity index (χ0) is 13.1. The molecule has 1 aliphatic rings. The predicted molar refractivity (Wildman–Crippen MR) is 68.6 cm³/mol. The number of hydrogen-bond donors (Lipinski definition) is 0. The quantitative estimate of drug-likeness (QED) is 0.753. The second-order valence-electron chi connectivity index (χ2n) is 4.87. The van der Waals surface area contributed by atoms with Gasteiger partial charge in [0.2, 0.25) is 0 Å². The fourth-order valence-corrected chi connectivity index (χ4v) is 2.40. The van der Waals surface area contributed by atoms with E-state index < -0.39 is 6.10 Å². The second-order valence-corrected chi connectivity index (χ2v) is 4.87. The molecule has 96 valence electrons. The summed E-state index contributed by atoms with van der Waals surface area (Å²) in [6.07, 6.45) is 2.53. The molecule has 0 aromatic heterocycles. The van der Waals surface area contributed by atoms with Crippen molar-refractivity contribution in [2.24, 2.45) is 0 Å². The SMILES string of the molecule is Cc1cccc(C)c1C(=O)OC1CCCCC1=O. The van der Waals surface area contributed by atoms with E-state index in [1.165, 1.54) is 0 Å². The van der Waals surface area contributed by atoms with E-state index in [4.69, 9.17) is 4.74 Å². The van der Waals surface area contributed by atoms with Gasteiger partial charge in [-0.2, -0.15) is 0 Å². The molecule has 1 aliphatic carbocycles. The molecule has 0 heterocycles. The summed E-state index contributed by atoms with van der Waals surface area (Å²) in [5, 5.41) is 0. The van der Waals surface area contributed by atoms with Gasteiger partial charge in [0.15, 0.2) is 11.9 Å². The summed E-state index contributed by atoms with van der Waals surface area (Å²) in [6, 6.07) is 5.67. The number of hydrogen-bond acceptors (Lipinski definition) is 3. The molecule has 1 unspecified atom stereocenters. The number of esters is 1. The maximum Gasteiger partial charge on any atom is 0.339 e. The molecule has 0 bridgehead atoms. The number of ketones is 1. The van der Waals surface area contributed by atoms with Gasteiger partial charge in [0, 0.05) is 6.42 Å². The van der Waals surface area contributed by atoms with Gasteiger partial charge in [0.1, 0.15) is 0 Å². The minimum absolute atomic E-state index is 0.0563. The van der Waals surface area contributed by atoms with Crippen LogP contribution >= 0.6 is 0 Å². The van der Waals surface area contributed by atoms with Crippen LogP contribution in [0.4, 0.5) is 0 Å². The third kappa shape index (κ3) is 2.61. The van der Waals surface area contributed by atoms with Crippen LogP contribution in [0.15, 0.2) is 18.2 Å². The van der Waals surface area contributed by atoms with Gasteiger partial charge in [-0.3, -0.25) is 4.79 Å². The van der Waals surface area contributed by atoms with E-state index >= 15 is 0 Å². The highest BCUT2D eigenvalue weighted by atomic mass is 16.5. The van der Waals surface area contributed by atoms with Crippen LogP contribution in [-0.2, 0) is 9.53 Å². The molecule has 18 heavy (non-hydrogen) atoms. The molecule has 1 atom stereocenters. The standard InChI is InChI=1S/C15H18O3/c1-10-6-5-7-11(2)14(10)15(17)18-13-9-4-3-8-12(13)16/h5-7,13H,3-4,8-9H2,1-2H3. The van der Waals surface area contributed by atoms with E-state index in [0.717, 1.165) is 24.0 Å². The van der Waals surface area contributed by atoms with Crippen molar-refractivity contribution < 1.29 is 14.3 Å². The smallest absolute Gasteiger partial charge is 0.339 e. The van der Waals surface area contributed by atoms with Crippen molar-refractivity contribution in [3.05, 3.63) is 34.9 Å². The average molecular weight is 246 g/mol. The largest absolute Gasteiger partial charge is 0.451 e. The Kier molecular flexibility index (Phi) is 3.80. The van der Waals surface area contributed by atoms with Gasteiger partial charge in [0.05, 0.1) is 5.56 Å². The Morgan fingerprint density at radius 1 is 1.22 bits per heavy atom. The number of carbonyl (C=O) groups is 2. The first-order valence-corrected chi connectivity index (χ1v) is 6.39. The molecule has 3 nitrogen and oxygen atoms in total. The molecular formula is C15H18O3. The monoisotopic (exact) mass is 246 g/mol. The van der Waals surface area contributed by atoms with Gasteiger partial charge in [0.25, 0.3) is 0 Å². The first-order chi connectivity index (χ1) is 8.59. The van der Waals surface area contributed by atoms with Crippen LogP contribution in [0.25, 0.3) is 0 Å². The summed E-state index contributed by atoms with van der Waals surface area (Å²) < 4.78 is 5.36. The Balaban J connectivity index is 2.14. The normalized spacial score (nSPS) is 19.7. The third-order valence-electron chi connectivity index (χ3n) is 3.43. The van der Waals surface area contributed by atoms with Crippen LogP contribution in [0.5, 0.6) is 0 Å². The first-order valence-electron chi connectivity index (χ1n) is 6.39. The maximum absolute atomic E-state index is 12.1. The van der Waals surface area contributed by atoms with Gasteiger partial charge < -0.3 is 4.74 Å². The molecule has 0 N–H and O–H groups in total. The lowest BCUT2D eigenvalue weighted by atomic mass is 9.96. The van der Waals surface area contributed by atoms with E-state index in [0.29, 0.717) is 18.4 Å². The molecule has 0 spiro atoms. The molecule has 1 aromatic rings. The molecule has 1 fully saturated rings. The van der Waals surface area contributed by atoms with Crippen LogP contribution < -0.4 is 0 Å². The highest BCUT2D eigenvalue weighted by molar-refractivity contribution is 5.95. The maximum atomic E-state index is 12.1. The number of aryl methyl sites for hydroxylation is 2. The van der Waals surface area contributed by atoms with Crippen LogP contribution in [0, 0.1) is 13.8 Å². The first kappa shape index (κ1) is 12.8. The molecule has 0 radical (unpaired) electrons. The molecular weight excluding hydrogens is 228 g/mol. The minimum Gasteiger partial charge on any atom is -0.451 e. The lowest BCUT2D eigenvalue weighted by molar-refractivity contribution is -0.129. The fraction of sp³-hybridized carbons (Fsp3) is 0.467. The Bertz CT molecular complexity index is 456. The van der Waals surface area contributed by atoms with Crippen molar-refractivity contribution in [2.45, 2.75) is 45.6 Å². The second kappa shape index (κ2) is 5.34. The molecule has 1 aromatic carbocycles. The number of rotatable bonds is 2. The van der Waals surface area contributed by atoms with Gasteiger partial charge in [-0.1, -0.05) is 18.2 Å². The lowest BCUT2D eigenvalue weighted by Gasteiger charge is -2.21. The van der Waals surface area contributed by atoms with E-state index in [-0.39, 0.29) is 11.8 Å². The molecule has 0 aliphatic heterocycles. The number of carbonyl (C=O) groups excluding carboxylic acids is 2. The summed E-state index contributed by atoms with van der Waals surface area (Å²) in [5.74, 6) is -0.313. The fourth-order valence-electron chi connectivity index (χ4n) is 2.40. The topological polar surface area (TPSA) is 43.4 Å². The number of Topliss-reactive ketones (excluding diaryl/α,β-unsaturated/α-hetero) is 1. The minimum atomic E-state index is -0.537. The van der Waals surface area contributed by atoms with E-state index in [1.807, 2.05) is 32.0 Å². The Morgan fingerprint density at radius 2 is 1.89 bits per heavy atom. The Labute approximate surface area is 107 Å². The summed E-state index contributed by atoms with van der Waals surface area (Å²) in [4.78, 5) is 23.8. The summed E-state index contributed by atoms with van der Waals surface area (Å²) in [7, 11) is 0. The highest BCUT2D eigenvalue weighted by Gasteiger charge is 2.27. The van der Waals surface area contributed by atoms with Crippen LogP contribution in [0.2, 0.25) is 0 Å². The summed E-state index contributed by atoms with van der Waals surface area (Å²) >= 11 is 0. The van der Waals surface area contributed by atoms with E-state index in [1.54, 1.807) is 0 Å². The zero-order valence-corrected chi connectivity index (χ0v) is 10.9. The highest BCUT2D eigenvalue weighted by Crippen LogP contribution is 2.21. The Hall–Kier alpha value is -1.64. The number of ether oxygens (including phenoxy) is 1. The van der Waals surface area contributed by atoms with Gasteiger partial charge in [-0.15, -0.1) is 0 Å². The zero-order valence-electron chi connectivity index (χ0n) is 10.9. The van der Waals surface area contributed by atoms with Gasteiger partial charge in [-0.25, -0.2) is 4.79 Å². The van der Waals surface area contributed by atoms with Crippen molar-refractivity contribution in [1.82, 2.24) is 0 Å². The van der Waals surface area contributed by atoms with Crippen LogP contribution in [0.1, 0.15) is 47.2 Å². The molecule has 1 saturated carbocycles. The van der Waals surface area contributed by atoms with Crippen LogP contribution in [-0.4, -0.2) is 17.9 Å². The van der Waals surface area contributed by atoms with E-state index in [2.05, 4.69) is 0 Å². The molecule has 2 rings (SSSR count). The van der Waals surface area contributed by atoms with Crippen molar-refractivity contribution in [1.29, 1.82) is 0 Å². The van der Waals surface area contributed by atoms with Crippen molar-refractivity contribution in [2.75, 3.05) is 0 Å². The number of benzene rings is 1. The van der Waals surface area contributed by atoms with Crippen molar-refractivity contribution in [3.63, 3.8) is 0 Å². The van der Waals surface area contributed by atoms with Gasteiger partial charge in [-0.05, 0) is 44.2 Å².